The molecule has 0 bridgehead atoms. The van der Waals surface area contributed by atoms with Crippen molar-refractivity contribution in [1.82, 2.24) is 5.32 Å². The molecule has 1 unspecified atom stereocenters. The van der Waals surface area contributed by atoms with Gasteiger partial charge in [-0.25, -0.2) is 4.39 Å². The Morgan fingerprint density at radius 1 is 1.37 bits per heavy atom. The predicted octanol–water partition coefficient (Wildman–Crippen LogP) is 3.05. The third kappa shape index (κ3) is 3.43. The molecule has 2 fully saturated rings. The summed E-state index contributed by atoms with van der Waals surface area (Å²) in [6.45, 7) is 0.984. The SMILES string of the molecule is COC(=O)C1CC2(CCC(CNC(=O)c3coc4ccc(F)cc34)OC2)C1. The lowest BCUT2D eigenvalue weighted by Crippen LogP contribution is -2.50. The minimum atomic E-state index is -0.412. The number of amides is 1. The van der Waals surface area contributed by atoms with Crippen LogP contribution in [0, 0.1) is 17.2 Å². The first-order chi connectivity index (χ1) is 13.0. The van der Waals surface area contributed by atoms with Gasteiger partial charge in [0, 0.05) is 11.9 Å². The summed E-state index contributed by atoms with van der Waals surface area (Å²) in [5.41, 5.74) is 0.872. The maximum absolute atomic E-state index is 13.4. The standard InChI is InChI=1S/C20H22FNO5/c1-25-19(24)12-7-20(8-12)5-4-14(27-11-20)9-22-18(23)16-10-26-17-3-2-13(21)6-15(16)17/h2-3,6,10,12,14H,4-5,7-9,11H2,1H3,(H,22,23). The second kappa shape index (κ2) is 6.96. The summed E-state index contributed by atoms with van der Waals surface area (Å²) in [6, 6.07) is 4.10. The molecule has 1 amide bonds. The van der Waals surface area contributed by atoms with Crippen LogP contribution in [0.3, 0.4) is 0 Å². The van der Waals surface area contributed by atoms with Gasteiger partial charge in [-0.05, 0) is 49.3 Å². The number of rotatable bonds is 4. The van der Waals surface area contributed by atoms with Crippen LogP contribution in [0.25, 0.3) is 11.0 Å². The van der Waals surface area contributed by atoms with Gasteiger partial charge in [-0.1, -0.05) is 0 Å². The first-order valence-electron chi connectivity index (χ1n) is 9.14. The van der Waals surface area contributed by atoms with Crippen LogP contribution in [0.5, 0.6) is 0 Å². The Morgan fingerprint density at radius 3 is 2.89 bits per heavy atom. The second-order valence-electron chi connectivity index (χ2n) is 7.60. The monoisotopic (exact) mass is 375 g/mol. The van der Waals surface area contributed by atoms with Crippen molar-refractivity contribution in [2.75, 3.05) is 20.3 Å². The highest BCUT2D eigenvalue weighted by Gasteiger charge is 2.49. The van der Waals surface area contributed by atoms with Crippen molar-refractivity contribution in [3.8, 4) is 0 Å². The van der Waals surface area contributed by atoms with Gasteiger partial charge in [-0.2, -0.15) is 0 Å². The van der Waals surface area contributed by atoms with Crippen molar-refractivity contribution in [1.29, 1.82) is 0 Å². The van der Waals surface area contributed by atoms with Gasteiger partial charge in [0.1, 0.15) is 17.7 Å². The number of hydrogen-bond acceptors (Lipinski definition) is 5. The Kier molecular flexibility index (Phi) is 4.63. The van der Waals surface area contributed by atoms with Crippen molar-refractivity contribution in [3.05, 3.63) is 35.8 Å². The van der Waals surface area contributed by atoms with E-state index in [4.69, 9.17) is 13.9 Å². The molecule has 2 aromatic rings. The van der Waals surface area contributed by atoms with E-state index in [-0.39, 0.29) is 29.3 Å². The predicted molar refractivity (Wildman–Crippen MR) is 94.7 cm³/mol. The molecule has 1 aliphatic carbocycles. The van der Waals surface area contributed by atoms with Crippen LogP contribution in [0.4, 0.5) is 4.39 Å². The average molecular weight is 375 g/mol. The fourth-order valence-corrected chi connectivity index (χ4v) is 4.20. The van der Waals surface area contributed by atoms with Crippen LogP contribution < -0.4 is 5.32 Å². The summed E-state index contributed by atoms with van der Waals surface area (Å²) in [5, 5.41) is 3.30. The van der Waals surface area contributed by atoms with E-state index in [1.807, 2.05) is 0 Å². The van der Waals surface area contributed by atoms with Gasteiger partial charge in [-0.15, -0.1) is 0 Å². The summed E-state index contributed by atoms with van der Waals surface area (Å²) in [5.74, 6) is -0.870. The molecule has 27 heavy (non-hydrogen) atoms. The number of methoxy groups -OCH3 is 1. The quantitative estimate of drug-likeness (QED) is 0.831. The molecule has 0 radical (unpaired) electrons. The first kappa shape index (κ1) is 18.0. The molecule has 1 spiro atoms. The number of carbonyl (C=O) groups is 2. The molecule has 1 aliphatic heterocycles. The van der Waals surface area contributed by atoms with Crippen LogP contribution in [0.2, 0.25) is 0 Å². The van der Waals surface area contributed by atoms with E-state index in [9.17, 15) is 14.0 Å². The van der Waals surface area contributed by atoms with Crippen molar-refractivity contribution in [3.63, 3.8) is 0 Å². The molecule has 2 heterocycles. The summed E-state index contributed by atoms with van der Waals surface area (Å²) in [6.07, 6.45) is 4.70. The molecule has 1 aromatic heterocycles. The van der Waals surface area contributed by atoms with Crippen molar-refractivity contribution < 1.29 is 27.9 Å². The first-order valence-corrected chi connectivity index (χ1v) is 9.14. The summed E-state index contributed by atoms with van der Waals surface area (Å²) in [7, 11) is 1.42. The number of esters is 1. The molecule has 4 rings (SSSR count). The Morgan fingerprint density at radius 2 is 2.19 bits per heavy atom. The second-order valence-corrected chi connectivity index (χ2v) is 7.60. The number of hydrogen-bond donors (Lipinski definition) is 1. The highest BCUT2D eigenvalue weighted by atomic mass is 19.1. The summed E-state index contributed by atoms with van der Waals surface area (Å²) < 4.78 is 29.4. The molecule has 144 valence electrons. The topological polar surface area (TPSA) is 77.8 Å². The molecule has 1 saturated heterocycles. The molecule has 1 aromatic carbocycles. The Balaban J connectivity index is 1.28. The number of ether oxygens (including phenoxy) is 2. The molecular formula is C20H22FNO5. The minimum absolute atomic E-state index is 0.00961. The highest BCUT2D eigenvalue weighted by Crippen LogP contribution is 2.51. The third-order valence-electron chi connectivity index (χ3n) is 5.79. The highest BCUT2D eigenvalue weighted by molar-refractivity contribution is 6.05. The summed E-state index contributed by atoms with van der Waals surface area (Å²) in [4.78, 5) is 24.0. The normalized spacial score (nSPS) is 27.3. The number of fused-ring (bicyclic) bond motifs is 1. The summed E-state index contributed by atoms with van der Waals surface area (Å²) >= 11 is 0. The number of nitrogens with one attached hydrogen (secondary N) is 1. The van der Waals surface area contributed by atoms with E-state index in [1.54, 1.807) is 0 Å². The van der Waals surface area contributed by atoms with Gasteiger partial charge in [0.05, 0.1) is 31.3 Å². The molecule has 6 nitrogen and oxygen atoms in total. The molecule has 2 aliphatic rings. The van der Waals surface area contributed by atoms with Gasteiger partial charge in [0.25, 0.3) is 5.91 Å². The van der Waals surface area contributed by atoms with Crippen LogP contribution in [-0.4, -0.2) is 38.2 Å². The van der Waals surface area contributed by atoms with Gasteiger partial charge in [-0.3, -0.25) is 9.59 Å². The molecule has 1 atom stereocenters. The molecule has 1 saturated carbocycles. The zero-order valence-electron chi connectivity index (χ0n) is 15.1. The van der Waals surface area contributed by atoms with Crippen LogP contribution in [-0.2, 0) is 14.3 Å². The van der Waals surface area contributed by atoms with Gasteiger partial charge in [0.15, 0.2) is 0 Å². The van der Waals surface area contributed by atoms with Gasteiger partial charge >= 0.3 is 5.97 Å². The number of benzene rings is 1. The van der Waals surface area contributed by atoms with E-state index in [0.717, 1.165) is 25.7 Å². The number of halogens is 1. The lowest BCUT2D eigenvalue weighted by atomic mass is 9.59. The lowest BCUT2D eigenvalue weighted by Gasteiger charge is -2.50. The Bertz CT molecular complexity index is 860. The Hall–Kier alpha value is -2.41. The van der Waals surface area contributed by atoms with Crippen LogP contribution in [0.15, 0.2) is 28.9 Å². The minimum Gasteiger partial charge on any atom is -0.469 e. The maximum Gasteiger partial charge on any atom is 0.308 e. The van der Waals surface area contributed by atoms with E-state index in [1.165, 1.54) is 31.6 Å². The van der Waals surface area contributed by atoms with Crippen LogP contribution in [0.1, 0.15) is 36.0 Å². The van der Waals surface area contributed by atoms with Crippen LogP contribution >= 0.6 is 0 Å². The van der Waals surface area contributed by atoms with Crippen molar-refractivity contribution in [2.24, 2.45) is 11.3 Å². The third-order valence-corrected chi connectivity index (χ3v) is 5.79. The molecule has 1 N–H and O–H groups in total. The van der Waals surface area contributed by atoms with Gasteiger partial charge < -0.3 is 19.2 Å². The van der Waals surface area contributed by atoms with Gasteiger partial charge in [0.2, 0.25) is 0 Å². The Labute approximate surface area is 156 Å². The average Bonchev–Trinajstić information content (AvgIpc) is 3.07. The fraction of sp³-hybridized carbons (Fsp3) is 0.500. The maximum atomic E-state index is 13.4. The smallest absolute Gasteiger partial charge is 0.308 e. The molecular weight excluding hydrogens is 353 g/mol. The van der Waals surface area contributed by atoms with E-state index >= 15 is 0 Å². The molecule has 7 heteroatoms. The zero-order valence-corrected chi connectivity index (χ0v) is 15.1. The van der Waals surface area contributed by atoms with E-state index in [0.29, 0.717) is 29.7 Å². The van der Waals surface area contributed by atoms with Crippen molar-refractivity contribution in [2.45, 2.75) is 31.8 Å². The van der Waals surface area contributed by atoms with E-state index < -0.39 is 5.82 Å². The van der Waals surface area contributed by atoms with E-state index in [2.05, 4.69) is 5.32 Å². The zero-order chi connectivity index (χ0) is 19.0. The largest absolute Gasteiger partial charge is 0.469 e. The van der Waals surface area contributed by atoms with Crippen molar-refractivity contribution >= 4 is 22.8 Å². The lowest BCUT2D eigenvalue weighted by molar-refractivity contribution is -0.164. The number of carbonyl (C=O) groups excluding carboxylic acids is 2. The fourth-order valence-electron chi connectivity index (χ4n) is 4.20. The number of furan rings is 1.